The van der Waals surface area contributed by atoms with Crippen molar-refractivity contribution in [3.63, 3.8) is 0 Å². The minimum absolute atomic E-state index is 0. The first-order chi connectivity index (χ1) is 12.6. The number of hydrogen-bond donors (Lipinski definition) is 3. The summed E-state index contributed by atoms with van der Waals surface area (Å²) in [6.45, 7) is 0.666. The quantitative estimate of drug-likeness (QED) is 0.316. The average Bonchev–Trinajstić information content (AvgIpc) is 2.61. The van der Waals surface area contributed by atoms with Crippen LogP contribution in [0.5, 0.6) is 0 Å². The molecule has 0 saturated carbocycles. The fraction of sp³-hybridized carbons (Fsp3) is 0.235. The molecule has 2 aromatic carbocycles. The monoisotopic (exact) mass is 528 g/mol. The molecule has 0 unspecified atom stereocenters. The molecule has 0 bridgehead atoms. The van der Waals surface area contributed by atoms with Crippen LogP contribution < -0.4 is 15.8 Å². The fourth-order valence-corrected chi connectivity index (χ4v) is 2.72. The smallest absolute Gasteiger partial charge is 0.352 e. The standard InChI is InChI=1S/C17H19F3N4O2S.HI/c1-22-16(23-10-12-2-6-14(7-3-12)17(18,19)20)24-11-13-4-8-15(9-5-13)27(21,25)26;/h2-9H,10-11H2,1H3,(H2,21,25,26)(H2,22,23,24);1H. The van der Waals surface area contributed by atoms with E-state index in [1.165, 1.54) is 24.3 Å². The Balaban J connectivity index is 0.00000392. The van der Waals surface area contributed by atoms with Gasteiger partial charge >= 0.3 is 6.18 Å². The van der Waals surface area contributed by atoms with Gasteiger partial charge in [-0.05, 0) is 35.4 Å². The van der Waals surface area contributed by atoms with Gasteiger partial charge in [-0.2, -0.15) is 13.2 Å². The van der Waals surface area contributed by atoms with Gasteiger partial charge < -0.3 is 10.6 Å². The normalized spacial score (nSPS) is 12.2. The first-order valence-corrected chi connectivity index (χ1v) is 9.36. The zero-order valence-electron chi connectivity index (χ0n) is 14.8. The summed E-state index contributed by atoms with van der Waals surface area (Å²) in [6, 6.07) is 10.9. The maximum absolute atomic E-state index is 12.6. The van der Waals surface area contributed by atoms with E-state index in [1.54, 1.807) is 19.2 Å². The van der Waals surface area contributed by atoms with Gasteiger partial charge in [0.2, 0.25) is 10.0 Å². The maximum atomic E-state index is 12.6. The number of sulfonamides is 1. The van der Waals surface area contributed by atoms with E-state index in [1.807, 2.05) is 0 Å². The second-order valence-electron chi connectivity index (χ2n) is 5.66. The van der Waals surface area contributed by atoms with Crippen molar-refractivity contribution in [1.82, 2.24) is 10.6 Å². The van der Waals surface area contributed by atoms with E-state index in [2.05, 4.69) is 15.6 Å². The number of alkyl halides is 3. The predicted molar refractivity (Wildman–Crippen MR) is 112 cm³/mol. The molecule has 2 rings (SSSR count). The Kier molecular flexibility index (Phi) is 8.70. The number of rotatable bonds is 5. The molecule has 6 nitrogen and oxygen atoms in total. The summed E-state index contributed by atoms with van der Waals surface area (Å²) in [6.07, 6.45) is -4.36. The third-order valence-electron chi connectivity index (χ3n) is 3.68. The molecule has 0 aliphatic carbocycles. The van der Waals surface area contributed by atoms with Crippen molar-refractivity contribution < 1.29 is 21.6 Å². The van der Waals surface area contributed by atoms with Crippen LogP contribution in [-0.2, 0) is 29.3 Å². The zero-order chi connectivity index (χ0) is 20.1. The van der Waals surface area contributed by atoms with Crippen molar-refractivity contribution >= 4 is 40.0 Å². The lowest BCUT2D eigenvalue weighted by atomic mass is 10.1. The Hall–Kier alpha value is -1.86. The predicted octanol–water partition coefficient (Wildman–Crippen LogP) is 2.84. The third-order valence-corrected chi connectivity index (χ3v) is 4.61. The second kappa shape index (κ2) is 10.1. The van der Waals surface area contributed by atoms with Crippen LogP contribution in [0.3, 0.4) is 0 Å². The summed E-state index contributed by atoms with van der Waals surface area (Å²) in [5, 5.41) is 11.1. The molecule has 0 spiro atoms. The molecule has 0 fully saturated rings. The molecule has 4 N–H and O–H groups in total. The first kappa shape index (κ1) is 24.2. The minimum Gasteiger partial charge on any atom is -0.352 e. The van der Waals surface area contributed by atoms with Crippen molar-refractivity contribution in [3.05, 3.63) is 65.2 Å². The van der Waals surface area contributed by atoms with E-state index in [9.17, 15) is 21.6 Å². The summed E-state index contributed by atoms with van der Waals surface area (Å²) >= 11 is 0. The van der Waals surface area contributed by atoms with Crippen molar-refractivity contribution in [2.75, 3.05) is 7.05 Å². The molecular formula is C17H20F3IN4O2S. The number of hydrogen-bond acceptors (Lipinski definition) is 3. The molecule has 154 valence electrons. The number of nitrogens with two attached hydrogens (primary N) is 1. The Morgan fingerprint density at radius 2 is 1.39 bits per heavy atom. The lowest BCUT2D eigenvalue weighted by molar-refractivity contribution is -0.137. The summed E-state index contributed by atoms with van der Waals surface area (Å²) in [5.41, 5.74) is 0.778. The number of primary sulfonamides is 1. The van der Waals surface area contributed by atoms with Crippen LogP contribution in [0.15, 0.2) is 58.4 Å². The number of halogens is 4. The molecule has 2 aromatic rings. The highest BCUT2D eigenvalue weighted by Gasteiger charge is 2.29. The lowest BCUT2D eigenvalue weighted by Gasteiger charge is -2.13. The van der Waals surface area contributed by atoms with Crippen molar-refractivity contribution in [1.29, 1.82) is 0 Å². The molecule has 0 saturated heterocycles. The van der Waals surface area contributed by atoms with Crippen LogP contribution >= 0.6 is 24.0 Å². The molecule has 28 heavy (non-hydrogen) atoms. The van der Waals surface area contributed by atoms with Crippen molar-refractivity contribution in [3.8, 4) is 0 Å². The van der Waals surface area contributed by atoms with E-state index in [4.69, 9.17) is 5.14 Å². The van der Waals surface area contributed by atoms with Crippen LogP contribution in [0.25, 0.3) is 0 Å². The molecule has 0 heterocycles. The largest absolute Gasteiger partial charge is 0.416 e. The van der Waals surface area contributed by atoms with Gasteiger partial charge in [-0.15, -0.1) is 24.0 Å². The van der Waals surface area contributed by atoms with Gasteiger partial charge in [0.15, 0.2) is 5.96 Å². The van der Waals surface area contributed by atoms with Gasteiger partial charge in [0.1, 0.15) is 0 Å². The van der Waals surface area contributed by atoms with Gasteiger partial charge in [0.05, 0.1) is 10.5 Å². The number of aliphatic imine (C=N–C) groups is 1. The van der Waals surface area contributed by atoms with Crippen LogP contribution in [0, 0.1) is 0 Å². The minimum atomic E-state index is -4.36. The Labute approximate surface area is 178 Å². The molecule has 0 aromatic heterocycles. The zero-order valence-corrected chi connectivity index (χ0v) is 18.0. The Bertz CT molecular complexity index is 899. The summed E-state index contributed by atoms with van der Waals surface area (Å²) in [4.78, 5) is 4.05. The number of nitrogens with one attached hydrogen (secondary N) is 2. The Morgan fingerprint density at radius 1 is 0.964 bits per heavy atom. The highest BCUT2D eigenvalue weighted by molar-refractivity contribution is 14.0. The van der Waals surface area contributed by atoms with Gasteiger partial charge in [0.25, 0.3) is 0 Å². The molecule has 0 aliphatic rings. The van der Waals surface area contributed by atoms with Gasteiger partial charge in [-0.1, -0.05) is 24.3 Å². The second-order valence-corrected chi connectivity index (χ2v) is 7.22. The molecule has 11 heteroatoms. The highest BCUT2D eigenvalue weighted by atomic mass is 127. The summed E-state index contributed by atoms with van der Waals surface area (Å²) in [7, 11) is -2.17. The molecular weight excluding hydrogens is 508 g/mol. The SMILES string of the molecule is CN=C(NCc1ccc(C(F)(F)F)cc1)NCc1ccc(S(N)(=O)=O)cc1.I. The fourth-order valence-electron chi connectivity index (χ4n) is 2.20. The summed E-state index contributed by atoms with van der Waals surface area (Å²) < 4.78 is 60.1. The number of guanidine groups is 1. The van der Waals surface area contributed by atoms with Crippen LogP contribution in [0.2, 0.25) is 0 Å². The van der Waals surface area contributed by atoms with Crippen LogP contribution in [-0.4, -0.2) is 21.4 Å². The van der Waals surface area contributed by atoms with Crippen LogP contribution in [0.1, 0.15) is 16.7 Å². The van der Waals surface area contributed by atoms with E-state index in [-0.39, 0.29) is 28.9 Å². The van der Waals surface area contributed by atoms with Gasteiger partial charge in [-0.3, -0.25) is 4.99 Å². The van der Waals surface area contributed by atoms with Crippen molar-refractivity contribution in [2.24, 2.45) is 10.1 Å². The maximum Gasteiger partial charge on any atom is 0.416 e. The summed E-state index contributed by atoms with van der Waals surface area (Å²) in [5.74, 6) is 0.449. The topological polar surface area (TPSA) is 96.6 Å². The van der Waals surface area contributed by atoms with Gasteiger partial charge in [0, 0.05) is 20.1 Å². The highest BCUT2D eigenvalue weighted by Crippen LogP contribution is 2.29. The van der Waals surface area contributed by atoms with Gasteiger partial charge in [-0.25, -0.2) is 13.6 Å². The first-order valence-electron chi connectivity index (χ1n) is 7.82. The van der Waals surface area contributed by atoms with Crippen LogP contribution in [0.4, 0.5) is 13.2 Å². The van der Waals surface area contributed by atoms with E-state index >= 15 is 0 Å². The average molecular weight is 528 g/mol. The number of nitrogens with zero attached hydrogens (tertiary/aromatic N) is 1. The van der Waals surface area contributed by atoms with E-state index in [0.29, 0.717) is 24.6 Å². The lowest BCUT2D eigenvalue weighted by Crippen LogP contribution is -2.36. The van der Waals surface area contributed by atoms with E-state index < -0.39 is 21.8 Å². The molecule has 0 aliphatic heterocycles. The third kappa shape index (κ3) is 7.28. The number of benzene rings is 2. The van der Waals surface area contributed by atoms with Crippen molar-refractivity contribution in [2.45, 2.75) is 24.2 Å². The van der Waals surface area contributed by atoms with E-state index in [0.717, 1.165) is 17.7 Å². The molecule has 0 radical (unpaired) electrons. The molecule has 0 atom stereocenters. The Morgan fingerprint density at radius 3 is 1.75 bits per heavy atom. The molecule has 0 amide bonds.